The van der Waals surface area contributed by atoms with Crippen molar-refractivity contribution in [1.29, 1.82) is 0 Å². The molecule has 0 spiro atoms. The molecule has 0 saturated carbocycles. The molecule has 218 valence electrons. The van der Waals surface area contributed by atoms with Crippen LogP contribution in [0.1, 0.15) is 29.5 Å². The molecule has 1 aliphatic rings. The third kappa shape index (κ3) is 8.05. The number of carbonyl (C=O) groups excluding carboxylic acids is 4. The van der Waals surface area contributed by atoms with Gasteiger partial charge in [-0.1, -0.05) is 72.8 Å². The zero-order chi connectivity index (χ0) is 30.1. The highest BCUT2D eigenvalue weighted by Gasteiger charge is 2.37. The molecular weight excluding hydrogens is 534 g/mol. The first-order chi connectivity index (χ1) is 20.2. The third-order valence-electron chi connectivity index (χ3n) is 7.10. The standard InChI is InChI=1S/C32H35N5O5/c33-25(18-23-13-15-24(38)16-14-23)32(42)37-17-7-12-28(37)31(41)36-27(20-22-10-5-2-6-11-22)30(40)35-26(29(34)39)19-21-8-3-1-4-9-21/h1-6,8-11,13-16,19,25,27-28,38H,7,12,17-18,20,33H2,(H2,34,39)(H,35,40)(H,36,41)/b26-19-/t25-,27-,28+/m0/s1. The molecule has 10 nitrogen and oxygen atoms in total. The Hall–Kier alpha value is -4.96. The Labute approximate surface area is 244 Å². The second-order valence-corrected chi connectivity index (χ2v) is 10.2. The summed E-state index contributed by atoms with van der Waals surface area (Å²) in [6, 6.07) is 21.8. The number of phenolic OH excluding ortho intramolecular Hbond substituents is 1. The average molecular weight is 570 g/mol. The molecule has 0 aromatic heterocycles. The van der Waals surface area contributed by atoms with E-state index in [0.29, 0.717) is 24.9 Å². The van der Waals surface area contributed by atoms with Gasteiger partial charge in [0.15, 0.2) is 0 Å². The predicted molar refractivity (Wildman–Crippen MR) is 158 cm³/mol. The zero-order valence-corrected chi connectivity index (χ0v) is 23.1. The van der Waals surface area contributed by atoms with E-state index in [1.54, 1.807) is 36.4 Å². The number of rotatable bonds is 11. The molecule has 3 atom stereocenters. The summed E-state index contributed by atoms with van der Waals surface area (Å²) in [7, 11) is 0. The number of aromatic hydroxyl groups is 1. The Kier molecular flexibility index (Phi) is 10.1. The number of nitrogens with two attached hydrogens (primary N) is 2. The van der Waals surface area contributed by atoms with Gasteiger partial charge in [-0.3, -0.25) is 19.2 Å². The summed E-state index contributed by atoms with van der Waals surface area (Å²) in [4.78, 5) is 53.9. The molecule has 0 radical (unpaired) electrons. The van der Waals surface area contributed by atoms with Crippen LogP contribution in [0, 0.1) is 0 Å². The molecule has 42 heavy (non-hydrogen) atoms. The Balaban J connectivity index is 1.49. The molecule has 0 bridgehead atoms. The number of benzene rings is 3. The molecule has 1 fully saturated rings. The average Bonchev–Trinajstić information content (AvgIpc) is 3.48. The normalized spacial score (nSPS) is 16.4. The van der Waals surface area contributed by atoms with E-state index in [1.807, 2.05) is 36.4 Å². The fraction of sp³-hybridized carbons (Fsp3) is 0.250. The first-order valence-corrected chi connectivity index (χ1v) is 13.8. The van der Waals surface area contributed by atoms with Crippen LogP contribution in [0.2, 0.25) is 0 Å². The number of amides is 4. The number of primary amides is 1. The van der Waals surface area contributed by atoms with Gasteiger partial charge in [-0.05, 0) is 54.2 Å². The Morgan fingerprint density at radius 1 is 0.905 bits per heavy atom. The van der Waals surface area contributed by atoms with Crippen LogP contribution in [0.3, 0.4) is 0 Å². The van der Waals surface area contributed by atoms with Crippen molar-refractivity contribution in [2.75, 3.05) is 6.54 Å². The van der Waals surface area contributed by atoms with Gasteiger partial charge in [0.1, 0.15) is 23.5 Å². The van der Waals surface area contributed by atoms with E-state index in [2.05, 4.69) is 10.6 Å². The largest absolute Gasteiger partial charge is 0.508 e. The molecule has 4 rings (SSSR count). The van der Waals surface area contributed by atoms with Crippen molar-refractivity contribution in [3.63, 3.8) is 0 Å². The van der Waals surface area contributed by atoms with Crippen LogP contribution < -0.4 is 22.1 Å². The first kappa shape index (κ1) is 30.0. The second-order valence-electron chi connectivity index (χ2n) is 10.2. The smallest absolute Gasteiger partial charge is 0.265 e. The van der Waals surface area contributed by atoms with Crippen molar-refractivity contribution in [2.24, 2.45) is 11.5 Å². The first-order valence-electron chi connectivity index (χ1n) is 13.8. The fourth-order valence-electron chi connectivity index (χ4n) is 4.92. The molecule has 1 aliphatic heterocycles. The van der Waals surface area contributed by atoms with Crippen LogP contribution in [0.15, 0.2) is 90.6 Å². The Morgan fingerprint density at radius 2 is 1.52 bits per heavy atom. The summed E-state index contributed by atoms with van der Waals surface area (Å²) in [5, 5.41) is 14.9. The third-order valence-corrected chi connectivity index (χ3v) is 7.10. The highest BCUT2D eigenvalue weighted by Crippen LogP contribution is 2.20. The monoisotopic (exact) mass is 569 g/mol. The van der Waals surface area contributed by atoms with Crippen LogP contribution in [-0.2, 0) is 32.0 Å². The Bertz CT molecular complexity index is 1430. The van der Waals surface area contributed by atoms with E-state index in [9.17, 15) is 24.3 Å². The number of carbonyl (C=O) groups is 4. The minimum Gasteiger partial charge on any atom is -0.508 e. The summed E-state index contributed by atoms with van der Waals surface area (Å²) in [6.45, 7) is 0.362. The van der Waals surface area contributed by atoms with E-state index in [-0.39, 0.29) is 30.2 Å². The number of likely N-dealkylation sites (tertiary alicyclic amines) is 1. The van der Waals surface area contributed by atoms with E-state index in [4.69, 9.17) is 11.5 Å². The van der Waals surface area contributed by atoms with E-state index in [1.165, 1.54) is 23.1 Å². The maximum Gasteiger partial charge on any atom is 0.265 e. The van der Waals surface area contributed by atoms with Crippen molar-refractivity contribution >= 4 is 29.7 Å². The molecule has 4 amide bonds. The summed E-state index contributed by atoms with van der Waals surface area (Å²) >= 11 is 0. The van der Waals surface area contributed by atoms with Crippen LogP contribution in [0.4, 0.5) is 0 Å². The summed E-state index contributed by atoms with van der Waals surface area (Å²) in [5.41, 5.74) is 13.9. The summed E-state index contributed by atoms with van der Waals surface area (Å²) in [6.07, 6.45) is 2.89. The maximum atomic E-state index is 13.5. The van der Waals surface area contributed by atoms with E-state index < -0.39 is 35.8 Å². The van der Waals surface area contributed by atoms with Crippen molar-refractivity contribution < 1.29 is 24.3 Å². The van der Waals surface area contributed by atoms with Gasteiger partial charge < -0.3 is 32.1 Å². The quantitative estimate of drug-likeness (QED) is 0.220. The topological polar surface area (TPSA) is 168 Å². The highest BCUT2D eigenvalue weighted by molar-refractivity contribution is 6.02. The Morgan fingerprint density at radius 3 is 2.17 bits per heavy atom. The zero-order valence-electron chi connectivity index (χ0n) is 23.1. The molecule has 1 saturated heterocycles. The number of nitrogens with one attached hydrogen (secondary N) is 2. The van der Waals surface area contributed by atoms with Crippen LogP contribution in [0.25, 0.3) is 6.08 Å². The lowest BCUT2D eigenvalue weighted by Gasteiger charge is -2.28. The summed E-state index contributed by atoms with van der Waals surface area (Å²) in [5.74, 6) is -2.18. The van der Waals surface area contributed by atoms with Crippen LogP contribution in [-0.4, -0.2) is 58.3 Å². The molecule has 0 unspecified atom stereocenters. The highest BCUT2D eigenvalue weighted by atomic mass is 16.3. The number of hydrogen-bond acceptors (Lipinski definition) is 6. The SMILES string of the molecule is NC(=O)/C(=C/c1ccccc1)NC(=O)[C@H](Cc1ccccc1)NC(=O)[C@H]1CCCN1C(=O)[C@@H](N)Cc1ccc(O)cc1. The van der Waals surface area contributed by atoms with Crippen molar-refractivity contribution in [1.82, 2.24) is 15.5 Å². The number of nitrogens with zero attached hydrogens (tertiary/aromatic N) is 1. The van der Waals surface area contributed by atoms with Crippen LogP contribution >= 0.6 is 0 Å². The van der Waals surface area contributed by atoms with Gasteiger partial charge in [-0.25, -0.2) is 0 Å². The number of phenols is 1. The van der Waals surface area contributed by atoms with Crippen molar-refractivity contribution in [2.45, 2.75) is 43.8 Å². The van der Waals surface area contributed by atoms with Gasteiger partial charge in [-0.2, -0.15) is 0 Å². The molecule has 0 aliphatic carbocycles. The lowest BCUT2D eigenvalue weighted by Crippen LogP contribution is -2.56. The lowest BCUT2D eigenvalue weighted by molar-refractivity contribution is -0.140. The molecule has 3 aromatic rings. The molecule has 1 heterocycles. The molecular formula is C32H35N5O5. The molecule has 3 aromatic carbocycles. The summed E-state index contributed by atoms with van der Waals surface area (Å²) < 4.78 is 0. The predicted octanol–water partition coefficient (Wildman–Crippen LogP) is 1.62. The van der Waals surface area contributed by atoms with Gasteiger partial charge >= 0.3 is 0 Å². The van der Waals surface area contributed by atoms with Crippen LogP contribution in [0.5, 0.6) is 5.75 Å². The molecule has 10 heteroatoms. The molecule has 7 N–H and O–H groups in total. The lowest BCUT2D eigenvalue weighted by atomic mass is 10.0. The van der Waals surface area contributed by atoms with Gasteiger partial charge in [0, 0.05) is 13.0 Å². The van der Waals surface area contributed by atoms with Gasteiger partial charge in [-0.15, -0.1) is 0 Å². The van der Waals surface area contributed by atoms with Gasteiger partial charge in [0.25, 0.3) is 5.91 Å². The number of hydrogen-bond donors (Lipinski definition) is 5. The van der Waals surface area contributed by atoms with Crippen molar-refractivity contribution in [3.05, 3.63) is 107 Å². The maximum absolute atomic E-state index is 13.5. The minimum absolute atomic E-state index is 0.113. The van der Waals surface area contributed by atoms with E-state index in [0.717, 1.165) is 11.1 Å². The fourth-order valence-corrected chi connectivity index (χ4v) is 4.92. The van der Waals surface area contributed by atoms with E-state index >= 15 is 0 Å². The van der Waals surface area contributed by atoms with Gasteiger partial charge in [0.2, 0.25) is 17.7 Å². The minimum atomic E-state index is -1.05. The second kappa shape index (κ2) is 14.1. The van der Waals surface area contributed by atoms with Crippen molar-refractivity contribution in [3.8, 4) is 5.75 Å². The van der Waals surface area contributed by atoms with Gasteiger partial charge in [0.05, 0.1) is 6.04 Å².